The Balaban J connectivity index is 1.76. The summed E-state index contributed by atoms with van der Waals surface area (Å²) in [6, 6.07) is 14.0. The molecule has 2 amide bonds. The van der Waals surface area contributed by atoms with Gasteiger partial charge in [0.05, 0.1) is 28.1 Å². The van der Waals surface area contributed by atoms with Crippen molar-refractivity contribution in [2.24, 2.45) is 0 Å². The minimum Gasteiger partial charge on any atom is -0.306 e. The highest BCUT2D eigenvalue weighted by Gasteiger charge is 2.07. The van der Waals surface area contributed by atoms with Gasteiger partial charge in [-0.2, -0.15) is 0 Å². The molecule has 0 unspecified atom stereocenters. The van der Waals surface area contributed by atoms with Crippen LogP contribution in [0.3, 0.4) is 0 Å². The third-order valence-electron chi connectivity index (χ3n) is 3.02. The quantitative estimate of drug-likeness (QED) is 0.679. The Labute approximate surface area is 137 Å². The Kier molecular flexibility index (Phi) is 4.13. The van der Waals surface area contributed by atoms with Gasteiger partial charge in [-0.1, -0.05) is 41.4 Å². The van der Waals surface area contributed by atoms with Gasteiger partial charge in [0.1, 0.15) is 0 Å². The summed E-state index contributed by atoms with van der Waals surface area (Å²) >= 11 is 11.9. The zero-order valence-corrected chi connectivity index (χ0v) is 12.8. The summed E-state index contributed by atoms with van der Waals surface area (Å²) in [6.45, 7) is 0. The molecule has 0 aliphatic rings. The Hall–Kier alpha value is -2.30. The lowest BCUT2D eigenvalue weighted by Crippen LogP contribution is -2.19. The van der Waals surface area contributed by atoms with Crippen LogP contribution in [0.15, 0.2) is 54.7 Å². The Morgan fingerprint density at radius 3 is 2.68 bits per heavy atom. The van der Waals surface area contributed by atoms with E-state index in [0.29, 0.717) is 21.4 Å². The number of hydrogen-bond donors (Lipinski definition) is 2. The molecule has 2 N–H and O–H groups in total. The van der Waals surface area contributed by atoms with Crippen molar-refractivity contribution >= 4 is 51.5 Å². The molecule has 0 radical (unpaired) electrons. The third kappa shape index (κ3) is 3.30. The molecule has 3 rings (SSSR count). The van der Waals surface area contributed by atoms with Gasteiger partial charge in [-0.15, -0.1) is 0 Å². The number of nitrogens with zero attached hydrogens (tertiary/aromatic N) is 1. The van der Waals surface area contributed by atoms with Crippen LogP contribution in [-0.4, -0.2) is 11.0 Å². The van der Waals surface area contributed by atoms with Gasteiger partial charge < -0.3 is 10.6 Å². The van der Waals surface area contributed by atoms with E-state index in [0.717, 1.165) is 10.9 Å². The fraction of sp³-hybridized carbons (Fsp3) is 0. The first-order valence-corrected chi connectivity index (χ1v) is 7.25. The molecule has 110 valence electrons. The average molecular weight is 332 g/mol. The van der Waals surface area contributed by atoms with E-state index in [-0.39, 0.29) is 0 Å². The summed E-state index contributed by atoms with van der Waals surface area (Å²) in [7, 11) is 0. The summed E-state index contributed by atoms with van der Waals surface area (Å²) < 4.78 is 0. The third-order valence-corrected chi connectivity index (χ3v) is 3.59. The summed E-state index contributed by atoms with van der Waals surface area (Å²) in [5, 5.41) is 7.22. The number of anilines is 2. The fourth-order valence-corrected chi connectivity index (χ4v) is 2.35. The van der Waals surface area contributed by atoms with Crippen molar-refractivity contribution in [2.45, 2.75) is 0 Å². The Bertz CT molecular complexity index is 852. The van der Waals surface area contributed by atoms with Crippen molar-refractivity contribution in [1.82, 2.24) is 4.98 Å². The van der Waals surface area contributed by atoms with Gasteiger partial charge in [0, 0.05) is 10.4 Å². The monoisotopic (exact) mass is 331 g/mol. The summed E-state index contributed by atoms with van der Waals surface area (Å²) in [4.78, 5) is 16.3. The number of para-hydroxylation sites is 1. The average Bonchev–Trinajstić information content (AvgIpc) is 2.51. The zero-order chi connectivity index (χ0) is 15.5. The van der Waals surface area contributed by atoms with Crippen LogP contribution in [0.1, 0.15) is 0 Å². The molecule has 0 atom stereocenters. The van der Waals surface area contributed by atoms with Crippen LogP contribution in [0.2, 0.25) is 10.0 Å². The van der Waals surface area contributed by atoms with Crippen LogP contribution in [-0.2, 0) is 0 Å². The largest absolute Gasteiger partial charge is 0.323 e. The normalized spacial score (nSPS) is 10.5. The number of rotatable bonds is 2. The van der Waals surface area contributed by atoms with Crippen molar-refractivity contribution in [3.05, 3.63) is 64.8 Å². The van der Waals surface area contributed by atoms with Crippen LogP contribution in [0, 0.1) is 0 Å². The number of hydrogen-bond acceptors (Lipinski definition) is 2. The predicted molar refractivity (Wildman–Crippen MR) is 90.8 cm³/mol. The maximum Gasteiger partial charge on any atom is 0.323 e. The molecule has 4 nitrogen and oxygen atoms in total. The van der Waals surface area contributed by atoms with Crippen molar-refractivity contribution in [3.8, 4) is 0 Å². The minimum absolute atomic E-state index is 0.413. The van der Waals surface area contributed by atoms with E-state index in [1.165, 1.54) is 0 Å². The van der Waals surface area contributed by atoms with Gasteiger partial charge in [0.2, 0.25) is 0 Å². The van der Waals surface area contributed by atoms with E-state index in [1.807, 2.05) is 30.3 Å². The molecular formula is C16H11Cl2N3O. The second-order valence-corrected chi connectivity index (χ2v) is 5.46. The van der Waals surface area contributed by atoms with Crippen molar-refractivity contribution in [3.63, 3.8) is 0 Å². The van der Waals surface area contributed by atoms with E-state index >= 15 is 0 Å². The molecule has 2 aromatic carbocycles. The molecule has 0 saturated heterocycles. The number of urea groups is 1. The van der Waals surface area contributed by atoms with Crippen LogP contribution < -0.4 is 10.6 Å². The topological polar surface area (TPSA) is 54.0 Å². The van der Waals surface area contributed by atoms with Gasteiger partial charge in [-0.25, -0.2) is 4.79 Å². The summed E-state index contributed by atoms with van der Waals surface area (Å²) in [5.41, 5.74) is 1.90. The zero-order valence-electron chi connectivity index (χ0n) is 11.3. The molecule has 1 aromatic heterocycles. The first kappa shape index (κ1) is 14.6. The van der Waals surface area contributed by atoms with Gasteiger partial charge in [0.15, 0.2) is 0 Å². The molecule has 0 fully saturated rings. The van der Waals surface area contributed by atoms with Gasteiger partial charge in [-0.05, 0) is 30.3 Å². The predicted octanol–water partition coefficient (Wildman–Crippen LogP) is 5.19. The first-order valence-electron chi connectivity index (χ1n) is 6.50. The van der Waals surface area contributed by atoms with E-state index in [2.05, 4.69) is 15.6 Å². The number of amides is 2. The molecule has 0 aliphatic carbocycles. The van der Waals surface area contributed by atoms with E-state index < -0.39 is 6.03 Å². The molecular weight excluding hydrogens is 321 g/mol. The Morgan fingerprint density at radius 1 is 1.00 bits per heavy atom. The molecule has 1 heterocycles. The SMILES string of the molecule is O=C(Nc1cnc2ccccc2c1)Nc1cc(Cl)ccc1Cl. The Morgan fingerprint density at radius 2 is 1.82 bits per heavy atom. The number of halogens is 2. The van der Waals surface area contributed by atoms with Gasteiger partial charge in [-0.3, -0.25) is 4.98 Å². The van der Waals surface area contributed by atoms with E-state index in [1.54, 1.807) is 24.4 Å². The lowest BCUT2D eigenvalue weighted by Gasteiger charge is -2.09. The second kappa shape index (κ2) is 6.22. The molecule has 0 bridgehead atoms. The van der Waals surface area contributed by atoms with Crippen molar-refractivity contribution < 1.29 is 4.79 Å². The van der Waals surface area contributed by atoms with Gasteiger partial charge >= 0.3 is 6.03 Å². The highest BCUT2D eigenvalue weighted by atomic mass is 35.5. The molecule has 22 heavy (non-hydrogen) atoms. The number of nitrogens with one attached hydrogen (secondary N) is 2. The smallest absolute Gasteiger partial charge is 0.306 e. The number of carbonyl (C=O) groups is 1. The number of pyridine rings is 1. The lowest BCUT2D eigenvalue weighted by atomic mass is 10.2. The van der Waals surface area contributed by atoms with Crippen LogP contribution in [0.5, 0.6) is 0 Å². The van der Waals surface area contributed by atoms with Gasteiger partial charge in [0.25, 0.3) is 0 Å². The van der Waals surface area contributed by atoms with Crippen LogP contribution in [0.25, 0.3) is 10.9 Å². The highest BCUT2D eigenvalue weighted by molar-refractivity contribution is 6.35. The first-order chi connectivity index (χ1) is 10.6. The summed E-state index contributed by atoms with van der Waals surface area (Å²) in [6.07, 6.45) is 1.60. The molecule has 0 spiro atoms. The standard InChI is InChI=1S/C16H11Cl2N3O/c17-11-5-6-13(18)15(8-11)21-16(22)20-12-7-10-3-1-2-4-14(10)19-9-12/h1-9H,(H2,20,21,22). The fourth-order valence-electron chi connectivity index (χ4n) is 2.02. The molecule has 0 saturated carbocycles. The van der Waals surface area contributed by atoms with Crippen LogP contribution in [0.4, 0.5) is 16.2 Å². The molecule has 3 aromatic rings. The lowest BCUT2D eigenvalue weighted by molar-refractivity contribution is 0.262. The number of aromatic nitrogens is 1. The highest BCUT2D eigenvalue weighted by Crippen LogP contribution is 2.25. The van der Waals surface area contributed by atoms with Crippen molar-refractivity contribution in [2.75, 3.05) is 10.6 Å². The van der Waals surface area contributed by atoms with Crippen LogP contribution >= 0.6 is 23.2 Å². The summed E-state index contributed by atoms with van der Waals surface area (Å²) in [5.74, 6) is 0. The minimum atomic E-state index is -0.416. The van der Waals surface area contributed by atoms with E-state index in [9.17, 15) is 4.79 Å². The number of benzene rings is 2. The number of fused-ring (bicyclic) bond motifs is 1. The molecule has 0 aliphatic heterocycles. The maximum absolute atomic E-state index is 12.0. The second-order valence-electron chi connectivity index (χ2n) is 4.62. The number of carbonyl (C=O) groups excluding carboxylic acids is 1. The van der Waals surface area contributed by atoms with E-state index in [4.69, 9.17) is 23.2 Å². The van der Waals surface area contributed by atoms with Crippen molar-refractivity contribution in [1.29, 1.82) is 0 Å². The maximum atomic E-state index is 12.0. The molecule has 6 heteroatoms.